The molecule has 0 aliphatic carbocycles. The van der Waals surface area contributed by atoms with Crippen molar-refractivity contribution in [3.63, 3.8) is 0 Å². The molecule has 0 fully saturated rings. The van der Waals surface area contributed by atoms with Crippen LogP contribution in [0.2, 0.25) is 5.02 Å². The fourth-order valence-corrected chi connectivity index (χ4v) is 2.16. The van der Waals surface area contributed by atoms with E-state index in [2.05, 4.69) is 10.6 Å². The van der Waals surface area contributed by atoms with E-state index in [1.807, 2.05) is 13.0 Å². The van der Waals surface area contributed by atoms with Gasteiger partial charge >= 0.3 is 0 Å². The van der Waals surface area contributed by atoms with Crippen molar-refractivity contribution in [1.82, 2.24) is 0 Å². The summed E-state index contributed by atoms with van der Waals surface area (Å²) in [5.74, 6) is -0.0347. The number of aryl methyl sites for hydroxylation is 1. The first kappa shape index (κ1) is 18.2. The zero-order valence-electron chi connectivity index (χ0n) is 13.8. The zero-order chi connectivity index (χ0) is 18.4. The van der Waals surface area contributed by atoms with E-state index in [-0.39, 0.29) is 5.57 Å². The number of ether oxygens (including phenoxy) is 1. The van der Waals surface area contributed by atoms with Gasteiger partial charge in [-0.2, -0.15) is 5.26 Å². The number of nitrogens with zero attached hydrogens (tertiary/aromatic N) is 1. The molecule has 1 amide bonds. The number of benzene rings is 2. The van der Waals surface area contributed by atoms with Crippen LogP contribution in [0, 0.1) is 18.3 Å². The predicted octanol–water partition coefficient (Wildman–Crippen LogP) is 3.70. The van der Waals surface area contributed by atoms with Crippen LogP contribution in [0.1, 0.15) is 5.56 Å². The molecule has 7 heteroatoms. The SMILES string of the molecule is COc1cc(Cl)c(C)cc1N/C=C(/C#N)C(=O)Nc1ccc(N)cc1. The molecule has 0 unspecified atom stereocenters. The Hall–Kier alpha value is -3.17. The number of nitrogens with two attached hydrogens (primary N) is 1. The minimum absolute atomic E-state index is 0.0912. The van der Waals surface area contributed by atoms with Crippen LogP contribution >= 0.6 is 11.6 Å². The molecule has 0 atom stereocenters. The highest BCUT2D eigenvalue weighted by Gasteiger charge is 2.11. The molecule has 0 bridgehead atoms. The molecule has 0 heterocycles. The van der Waals surface area contributed by atoms with Gasteiger partial charge in [0.25, 0.3) is 5.91 Å². The molecule has 25 heavy (non-hydrogen) atoms. The van der Waals surface area contributed by atoms with E-state index in [1.54, 1.807) is 36.4 Å². The van der Waals surface area contributed by atoms with Crippen LogP contribution in [0.3, 0.4) is 0 Å². The molecular formula is C18H17ClN4O2. The van der Waals surface area contributed by atoms with Crippen LogP contribution < -0.4 is 21.1 Å². The average molecular weight is 357 g/mol. The zero-order valence-corrected chi connectivity index (χ0v) is 14.5. The number of nitrogens with one attached hydrogen (secondary N) is 2. The fourth-order valence-electron chi connectivity index (χ4n) is 2.01. The molecule has 6 nitrogen and oxygen atoms in total. The number of hydrogen-bond donors (Lipinski definition) is 3. The van der Waals surface area contributed by atoms with E-state index in [4.69, 9.17) is 22.1 Å². The summed E-state index contributed by atoms with van der Waals surface area (Å²) < 4.78 is 5.24. The van der Waals surface area contributed by atoms with E-state index >= 15 is 0 Å². The van der Waals surface area contributed by atoms with Crippen LogP contribution in [0.15, 0.2) is 48.2 Å². The van der Waals surface area contributed by atoms with Crippen LogP contribution in [0.4, 0.5) is 17.1 Å². The van der Waals surface area contributed by atoms with E-state index in [1.165, 1.54) is 13.3 Å². The van der Waals surface area contributed by atoms with E-state index in [0.29, 0.717) is 27.8 Å². The van der Waals surface area contributed by atoms with Crippen LogP contribution in [0.5, 0.6) is 5.75 Å². The Labute approximate surface area is 150 Å². The molecule has 0 aliphatic rings. The Morgan fingerprint density at radius 2 is 2.00 bits per heavy atom. The van der Waals surface area contributed by atoms with E-state index < -0.39 is 5.91 Å². The van der Waals surface area contributed by atoms with Crippen molar-refractivity contribution >= 4 is 34.6 Å². The topological polar surface area (TPSA) is 100 Å². The Morgan fingerprint density at radius 3 is 2.60 bits per heavy atom. The van der Waals surface area contributed by atoms with Gasteiger partial charge in [0.1, 0.15) is 17.4 Å². The molecule has 0 aromatic heterocycles. The Morgan fingerprint density at radius 1 is 1.32 bits per heavy atom. The normalized spacial score (nSPS) is 10.7. The highest BCUT2D eigenvalue weighted by atomic mass is 35.5. The monoisotopic (exact) mass is 356 g/mol. The quantitative estimate of drug-likeness (QED) is 0.431. The molecule has 2 rings (SSSR count). The van der Waals surface area contributed by atoms with Crippen molar-refractivity contribution in [3.05, 3.63) is 58.8 Å². The second-order valence-corrected chi connectivity index (χ2v) is 5.60. The molecule has 2 aromatic carbocycles. The highest BCUT2D eigenvalue weighted by molar-refractivity contribution is 6.31. The minimum Gasteiger partial charge on any atom is -0.495 e. The number of anilines is 3. The van der Waals surface area contributed by atoms with Gasteiger partial charge in [-0.3, -0.25) is 4.79 Å². The number of nitriles is 1. The summed E-state index contributed by atoms with van der Waals surface area (Å²) in [5, 5.41) is 15.3. The van der Waals surface area contributed by atoms with Gasteiger partial charge in [0.05, 0.1) is 12.8 Å². The molecule has 0 aliphatic heterocycles. The van der Waals surface area contributed by atoms with Gasteiger partial charge in [-0.15, -0.1) is 0 Å². The lowest BCUT2D eigenvalue weighted by molar-refractivity contribution is -0.112. The Balaban J connectivity index is 2.17. The van der Waals surface area contributed by atoms with Crippen LogP contribution in [-0.2, 0) is 4.79 Å². The van der Waals surface area contributed by atoms with Crippen molar-refractivity contribution in [2.75, 3.05) is 23.5 Å². The molecule has 0 saturated carbocycles. The third kappa shape index (κ3) is 4.66. The van der Waals surface area contributed by atoms with Crippen molar-refractivity contribution < 1.29 is 9.53 Å². The van der Waals surface area contributed by atoms with Crippen LogP contribution in [-0.4, -0.2) is 13.0 Å². The molecule has 2 aromatic rings. The predicted molar refractivity (Wildman–Crippen MR) is 99.5 cm³/mol. The maximum absolute atomic E-state index is 12.2. The first-order chi connectivity index (χ1) is 11.9. The van der Waals surface area contributed by atoms with Crippen molar-refractivity contribution in [2.45, 2.75) is 6.92 Å². The smallest absolute Gasteiger partial charge is 0.267 e. The number of rotatable bonds is 5. The van der Waals surface area contributed by atoms with Gasteiger partial charge in [-0.1, -0.05) is 11.6 Å². The molecule has 0 saturated heterocycles. The van der Waals surface area contributed by atoms with E-state index in [9.17, 15) is 10.1 Å². The number of carbonyl (C=O) groups is 1. The first-order valence-electron chi connectivity index (χ1n) is 7.32. The average Bonchev–Trinajstić information content (AvgIpc) is 2.60. The van der Waals surface area contributed by atoms with Gasteiger partial charge in [0.2, 0.25) is 0 Å². The second-order valence-electron chi connectivity index (χ2n) is 5.19. The van der Waals surface area contributed by atoms with Crippen LogP contribution in [0.25, 0.3) is 0 Å². The largest absolute Gasteiger partial charge is 0.495 e. The fraction of sp³-hybridized carbons (Fsp3) is 0.111. The third-order valence-corrected chi connectivity index (χ3v) is 3.79. The van der Waals surface area contributed by atoms with Gasteiger partial charge in [-0.05, 0) is 42.8 Å². The van der Waals surface area contributed by atoms with E-state index in [0.717, 1.165) is 5.56 Å². The van der Waals surface area contributed by atoms with Crippen molar-refractivity contribution in [2.24, 2.45) is 0 Å². The number of carbonyl (C=O) groups excluding carboxylic acids is 1. The second kappa shape index (κ2) is 8.08. The maximum atomic E-state index is 12.2. The first-order valence-corrected chi connectivity index (χ1v) is 7.70. The summed E-state index contributed by atoms with van der Waals surface area (Å²) in [6.07, 6.45) is 1.32. The summed E-state index contributed by atoms with van der Waals surface area (Å²) in [6, 6.07) is 11.9. The Kier molecular flexibility index (Phi) is 5.88. The summed E-state index contributed by atoms with van der Waals surface area (Å²) in [5.41, 5.74) is 8.06. The van der Waals surface area contributed by atoms with Crippen molar-refractivity contribution in [3.8, 4) is 11.8 Å². The maximum Gasteiger partial charge on any atom is 0.267 e. The van der Waals surface area contributed by atoms with Gasteiger partial charge in [0.15, 0.2) is 0 Å². The lowest BCUT2D eigenvalue weighted by Crippen LogP contribution is -2.14. The lowest BCUT2D eigenvalue weighted by atomic mass is 10.2. The Bertz CT molecular complexity index is 855. The van der Waals surface area contributed by atoms with Gasteiger partial charge in [0, 0.05) is 28.7 Å². The highest BCUT2D eigenvalue weighted by Crippen LogP contribution is 2.31. The molecule has 128 valence electrons. The standard InChI is InChI=1S/C18H17ClN4O2/c1-11-7-16(17(25-2)8-15(11)19)22-10-12(9-20)18(24)23-14-5-3-13(21)4-6-14/h3-8,10,22H,21H2,1-2H3,(H,23,24)/b12-10-. The molecule has 0 radical (unpaired) electrons. The number of hydrogen-bond acceptors (Lipinski definition) is 5. The van der Waals surface area contributed by atoms with Gasteiger partial charge in [-0.25, -0.2) is 0 Å². The number of amides is 1. The number of methoxy groups -OCH3 is 1. The van der Waals surface area contributed by atoms with Gasteiger partial charge < -0.3 is 21.1 Å². The lowest BCUT2D eigenvalue weighted by Gasteiger charge is -2.11. The molecule has 0 spiro atoms. The molecule has 4 N–H and O–H groups in total. The minimum atomic E-state index is -0.538. The third-order valence-electron chi connectivity index (χ3n) is 3.39. The summed E-state index contributed by atoms with van der Waals surface area (Å²) in [6.45, 7) is 1.84. The summed E-state index contributed by atoms with van der Waals surface area (Å²) in [4.78, 5) is 12.2. The number of halogens is 1. The summed E-state index contributed by atoms with van der Waals surface area (Å²) >= 11 is 6.06. The number of nitrogen functional groups attached to an aromatic ring is 1. The summed E-state index contributed by atoms with van der Waals surface area (Å²) in [7, 11) is 1.51. The molecular weight excluding hydrogens is 340 g/mol. The van der Waals surface area contributed by atoms with Crippen molar-refractivity contribution in [1.29, 1.82) is 5.26 Å².